The highest BCUT2D eigenvalue weighted by molar-refractivity contribution is 9.09. The van der Waals surface area contributed by atoms with E-state index in [1.165, 1.54) is 0 Å². The van der Waals surface area contributed by atoms with Gasteiger partial charge in [0, 0.05) is 6.20 Å². The van der Waals surface area contributed by atoms with Crippen LogP contribution in [0.1, 0.15) is 37.3 Å². The van der Waals surface area contributed by atoms with Crippen molar-refractivity contribution in [2.24, 2.45) is 0 Å². The normalized spacial score (nSPS) is 18.2. The van der Waals surface area contributed by atoms with Crippen LogP contribution in [0.25, 0.3) is 0 Å². The second kappa shape index (κ2) is 4.19. The Morgan fingerprint density at radius 3 is 2.46 bits per heavy atom. The fraction of sp³-hybridized carbons (Fsp3) is 0.750. The number of hydrogen-bond donors (Lipinski definition) is 1. The van der Waals surface area contributed by atoms with E-state index in [1.54, 1.807) is 11.6 Å². The maximum atomic E-state index is 9.32. The van der Waals surface area contributed by atoms with E-state index in [-0.39, 0.29) is 10.9 Å². The number of alkyl halides is 1. The number of rotatable bonds is 3. The molecular weight excluding hydrogens is 234 g/mol. The molecule has 3 unspecified atom stereocenters. The molecule has 0 aliphatic carbocycles. The lowest BCUT2D eigenvalue weighted by molar-refractivity contribution is 0.131. The third-order valence-electron chi connectivity index (χ3n) is 2.05. The van der Waals surface area contributed by atoms with E-state index < -0.39 is 6.10 Å². The van der Waals surface area contributed by atoms with Crippen LogP contribution in [0.3, 0.4) is 0 Å². The molecule has 0 bridgehead atoms. The molecule has 0 aliphatic rings. The Morgan fingerprint density at radius 1 is 1.46 bits per heavy atom. The molecule has 0 fully saturated rings. The molecule has 0 spiro atoms. The first-order valence-corrected chi connectivity index (χ1v) is 5.17. The largest absolute Gasteiger partial charge is 0.391 e. The Labute approximate surface area is 86.1 Å². The average molecular weight is 248 g/mol. The molecule has 1 heterocycles. The molecule has 0 saturated carbocycles. The van der Waals surface area contributed by atoms with Gasteiger partial charge in [-0.05, 0) is 20.8 Å². The van der Waals surface area contributed by atoms with Gasteiger partial charge in [-0.2, -0.15) is 0 Å². The molecule has 4 nitrogen and oxygen atoms in total. The topological polar surface area (TPSA) is 50.9 Å². The van der Waals surface area contributed by atoms with Crippen LogP contribution in [-0.4, -0.2) is 26.2 Å². The third-order valence-corrected chi connectivity index (χ3v) is 2.52. The number of hydrogen-bond acceptors (Lipinski definition) is 3. The van der Waals surface area contributed by atoms with E-state index in [1.807, 2.05) is 20.0 Å². The van der Waals surface area contributed by atoms with Crippen molar-refractivity contribution in [2.75, 3.05) is 0 Å². The molecule has 1 aromatic heterocycles. The third kappa shape index (κ3) is 2.51. The molecule has 13 heavy (non-hydrogen) atoms. The first-order valence-electron chi connectivity index (χ1n) is 4.26. The zero-order valence-corrected chi connectivity index (χ0v) is 9.56. The van der Waals surface area contributed by atoms with Gasteiger partial charge in [-0.15, -0.1) is 5.10 Å². The van der Waals surface area contributed by atoms with Crippen LogP contribution in [0.4, 0.5) is 0 Å². The highest BCUT2D eigenvalue weighted by Gasteiger charge is 2.14. The van der Waals surface area contributed by atoms with Crippen LogP contribution in [-0.2, 0) is 0 Å². The summed E-state index contributed by atoms with van der Waals surface area (Å²) in [4.78, 5) is 0.197. The second-order valence-corrected chi connectivity index (χ2v) is 4.59. The molecule has 1 rings (SSSR count). The van der Waals surface area contributed by atoms with Crippen LogP contribution in [0.15, 0.2) is 6.20 Å². The van der Waals surface area contributed by atoms with Crippen LogP contribution in [0, 0.1) is 0 Å². The van der Waals surface area contributed by atoms with Crippen molar-refractivity contribution in [1.29, 1.82) is 0 Å². The molecule has 74 valence electrons. The van der Waals surface area contributed by atoms with Crippen molar-refractivity contribution in [3.8, 4) is 0 Å². The minimum absolute atomic E-state index is 0.0347. The van der Waals surface area contributed by atoms with Gasteiger partial charge in [0.05, 0.1) is 22.7 Å². The summed E-state index contributed by atoms with van der Waals surface area (Å²) in [5.74, 6) is 0. The van der Waals surface area contributed by atoms with Gasteiger partial charge in [0.1, 0.15) is 0 Å². The van der Waals surface area contributed by atoms with Crippen LogP contribution >= 0.6 is 15.9 Å². The maximum absolute atomic E-state index is 9.32. The number of aliphatic hydroxyl groups is 1. The van der Waals surface area contributed by atoms with Crippen molar-refractivity contribution in [3.63, 3.8) is 0 Å². The minimum atomic E-state index is -0.416. The highest BCUT2D eigenvalue weighted by Crippen LogP contribution is 2.19. The van der Waals surface area contributed by atoms with Gasteiger partial charge in [-0.1, -0.05) is 21.1 Å². The molecule has 3 atom stereocenters. The molecule has 5 heteroatoms. The van der Waals surface area contributed by atoms with Gasteiger partial charge in [-0.25, -0.2) is 4.68 Å². The summed E-state index contributed by atoms with van der Waals surface area (Å²) in [7, 11) is 0. The van der Waals surface area contributed by atoms with Crippen molar-refractivity contribution in [1.82, 2.24) is 15.0 Å². The fourth-order valence-electron chi connectivity index (χ4n) is 0.893. The van der Waals surface area contributed by atoms with Gasteiger partial charge in [0.2, 0.25) is 0 Å². The number of nitrogens with zero attached hydrogens (tertiary/aromatic N) is 3. The lowest BCUT2D eigenvalue weighted by Crippen LogP contribution is -2.18. The highest BCUT2D eigenvalue weighted by atomic mass is 79.9. The predicted octanol–water partition coefficient (Wildman–Crippen LogP) is 1.68. The predicted molar refractivity (Wildman–Crippen MR) is 53.8 cm³/mol. The lowest BCUT2D eigenvalue weighted by Gasteiger charge is -2.13. The van der Waals surface area contributed by atoms with Crippen molar-refractivity contribution in [2.45, 2.75) is 37.7 Å². The number of halogens is 1. The lowest BCUT2D eigenvalue weighted by atomic mass is 10.2. The molecule has 0 aromatic carbocycles. The molecule has 0 saturated heterocycles. The summed E-state index contributed by atoms with van der Waals surface area (Å²) in [6, 6.07) is -0.0347. The van der Waals surface area contributed by atoms with E-state index in [0.717, 1.165) is 5.69 Å². The smallest absolute Gasteiger partial charge is 0.0960 e. The molecule has 0 aliphatic heterocycles. The standard InChI is InChI=1S/C8H14BrN3O/c1-5(9)8-4-12(11-10-8)6(2)7(3)13/h4-7,13H,1-3H3. The Hall–Kier alpha value is -0.420. The summed E-state index contributed by atoms with van der Waals surface area (Å²) >= 11 is 3.40. The average Bonchev–Trinajstić information content (AvgIpc) is 2.50. The van der Waals surface area contributed by atoms with Crippen LogP contribution in [0.2, 0.25) is 0 Å². The Morgan fingerprint density at radius 2 is 2.08 bits per heavy atom. The van der Waals surface area contributed by atoms with Crippen LogP contribution < -0.4 is 0 Å². The SMILES string of the molecule is CC(Br)c1cn(C(C)C(C)O)nn1. The van der Waals surface area contributed by atoms with E-state index >= 15 is 0 Å². The van der Waals surface area contributed by atoms with E-state index in [4.69, 9.17) is 0 Å². The Bertz CT molecular complexity index is 272. The van der Waals surface area contributed by atoms with Crippen molar-refractivity contribution >= 4 is 15.9 Å². The van der Waals surface area contributed by atoms with Gasteiger partial charge >= 0.3 is 0 Å². The maximum Gasteiger partial charge on any atom is 0.0960 e. The monoisotopic (exact) mass is 247 g/mol. The molecular formula is C8H14BrN3O. The zero-order chi connectivity index (χ0) is 10.0. The quantitative estimate of drug-likeness (QED) is 0.828. The fourth-order valence-corrected chi connectivity index (χ4v) is 1.10. The molecule has 1 N–H and O–H groups in total. The van der Waals surface area contributed by atoms with Crippen molar-refractivity contribution < 1.29 is 5.11 Å². The summed E-state index contributed by atoms with van der Waals surface area (Å²) < 4.78 is 1.68. The van der Waals surface area contributed by atoms with Gasteiger partial charge in [0.25, 0.3) is 0 Å². The van der Waals surface area contributed by atoms with Gasteiger partial charge in [-0.3, -0.25) is 0 Å². The zero-order valence-electron chi connectivity index (χ0n) is 7.98. The van der Waals surface area contributed by atoms with Gasteiger partial charge in [0.15, 0.2) is 0 Å². The number of aromatic nitrogens is 3. The summed E-state index contributed by atoms with van der Waals surface area (Å²) in [5, 5.41) is 17.2. The van der Waals surface area contributed by atoms with Gasteiger partial charge < -0.3 is 5.11 Å². The number of aliphatic hydroxyl groups excluding tert-OH is 1. The first-order chi connectivity index (χ1) is 6.02. The summed E-state index contributed by atoms with van der Waals surface area (Å²) in [5.41, 5.74) is 0.882. The second-order valence-electron chi connectivity index (χ2n) is 3.22. The summed E-state index contributed by atoms with van der Waals surface area (Å²) in [6.07, 6.45) is 1.43. The van der Waals surface area contributed by atoms with E-state index in [0.29, 0.717) is 0 Å². The Balaban J connectivity index is 2.79. The summed E-state index contributed by atoms with van der Waals surface area (Å²) in [6.45, 7) is 5.63. The van der Waals surface area contributed by atoms with Crippen LogP contribution in [0.5, 0.6) is 0 Å². The van der Waals surface area contributed by atoms with E-state index in [2.05, 4.69) is 26.2 Å². The Kier molecular flexibility index (Phi) is 3.44. The minimum Gasteiger partial charge on any atom is -0.391 e. The van der Waals surface area contributed by atoms with E-state index in [9.17, 15) is 5.11 Å². The van der Waals surface area contributed by atoms with Crippen molar-refractivity contribution in [3.05, 3.63) is 11.9 Å². The molecule has 0 amide bonds. The molecule has 1 aromatic rings. The first kappa shape index (κ1) is 10.7. The molecule has 0 radical (unpaired) electrons.